The number of H-pyrrole nitrogens is 1. The van der Waals surface area contributed by atoms with E-state index in [-0.39, 0.29) is 17.4 Å². The van der Waals surface area contributed by atoms with Crippen LogP contribution in [-0.2, 0) is 13.0 Å². The van der Waals surface area contributed by atoms with E-state index in [1.54, 1.807) is 17.0 Å². The highest BCUT2D eigenvalue weighted by Gasteiger charge is 2.43. The Kier molecular flexibility index (Phi) is 11.4. The molecule has 0 saturated carbocycles. The Morgan fingerprint density at radius 1 is 0.842 bits per heavy atom. The predicted octanol–water partition coefficient (Wildman–Crippen LogP) is 7.51. The smallest absolute Gasteiger partial charge is 0.408 e. The zero-order valence-electron chi connectivity index (χ0n) is 31.8. The van der Waals surface area contributed by atoms with Crippen molar-refractivity contribution in [3.63, 3.8) is 0 Å². The van der Waals surface area contributed by atoms with Gasteiger partial charge in [0.2, 0.25) is 5.56 Å². The molecule has 0 aliphatic carbocycles. The van der Waals surface area contributed by atoms with E-state index in [4.69, 9.17) is 4.74 Å². The first kappa shape index (κ1) is 38.0. The second-order valence-electron chi connectivity index (χ2n) is 15.2. The minimum Gasteiger partial charge on any atom is -0.506 e. The van der Waals surface area contributed by atoms with Crippen molar-refractivity contribution in [1.29, 1.82) is 0 Å². The number of benzene rings is 5. The van der Waals surface area contributed by atoms with Gasteiger partial charge in [0, 0.05) is 24.5 Å². The molecule has 1 amide bonds. The number of fused-ring (bicyclic) bond motifs is 4. The number of aromatic nitrogens is 1. The van der Waals surface area contributed by atoms with Gasteiger partial charge in [0.1, 0.15) is 18.1 Å². The first-order valence-electron chi connectivity index (χ1n) is 19.7. The molecular weight excluding hydrogens is 717 g/mol. The predicted molar refractivity (Wildman–Crippen MR) is 222 cm³/mol. The van der Waals surface area contributed by atoms with Gasteiger partial charge in [0.25, 0.3) is 0 Å². The molecule has 57 heavy (non-hydrogen) atoms. The Balaban J connectivity index is 0.893. The van der Waals surface area contributed by atoms with Crippen molar-refractivity contribution in [2.24, 2.45) is 5.92 Å². The molecule has 0 radical (unpaired) electrons. The summed E-state index contributed by atoms with van der Waals surface area (Å²) in [6.45, 7) is 4.21. The first-order chi connectivity index (χ1) is 27.8. The zero-order chi connectivity index (χ0) is 39.3. The second kappa shape index (κ2) is 17.1. The fourth-order valence-corrected chi connectivity index (χ4v) is 8.62. The van der Waals surface area contributed by atoms with E-state index < -0.39 is 18.2 Å². The molecule has 0 spiro atoms. The number of nitrogens with one attached hydrogen (secondary N) is 2. The van der Waals surface area contributed by atoms with Gasteiger partial charge in [-0.3, -0.25) is 9.69 Å². The highest BCUT2D eigenvalue weighted by atomic mass is 16.5. The molecule has 6 aromatic rings. The lowest BCUT2D eigenvalue weighted by atomic mass is 9.81. The van der Waals surface area contributed by atoms with E-state index in [9.17, 15) is 24.9 Å². The molecule has 5 N–H and O–H groups in total. The minimum atomic E-state index is -0.896. The third-order valence-corrected chi connectivity index (χ3v) is 11.6. The van der Waals surface area contributed by atoms with Crippen LogP contribution >= 0.6 is 0 Å². The Morgan fingerprint density at radius 3 is 2.37 bits per heavy atom. The van der Waals surface area contributed by atoms with Crippen molar-refractivity contribution in [3.05, 3.63) is 166 Å². The largest absolute Gasteiger partial charge is 0.506 e. The number of phenols is 1. The van der Waals surface area contributed by atoms with Gasteiger partial charge in [-0.25, -0.2) is 4.79 Å². The topological polar surface area (TPSA) is 138 Å². The van der Waals surface area contributed by atoms with Gasteiger partial charge in [0.15, 0.2) is 0 Å². The Hall–Kier alpha value is -5.94. The van der Waals surface area contributed by atoms with Crippen molar-refractivity contribution in [1.82, 2.24) is 20.1 Å². The molecular formula is C47H48N4O6. The van der Waals surface area contributed by atoms with Crippen LogP contribution in [0.5, 0.6) is 11.5 Å². The van der Waals surface area contributed by atoms with Gasteiger partial charge in [-0.2, -0.15) is 0 Å². The molecule has 2 bridgehead atoms. The molecule has 3 atom stereocenters. The number of aliphatic hydroxyl groups excluding tert-OH is 1. The van der Waals surface area contributed by atoms with Crippen molar-refractivity contribution < 1.29 is 24.9 Å². The summed E-state index contributed by atoms with van der Waals surface area (Å²) in [6, 6.07) is 40.3. The lowest BCUT2D eigenvalue weighted by Crippen LogP contribution is -2.59. The maximum Gasteiger partial charge on any atom is 0.408 e. The summed E-state index contributed by atoms with van der Waals surface area (Å²) in [5.41, 5.74) is 6.84. The van der Waals surface area contributed by atoms with Crippen LogP contribution in [-0.4, -0.2) is 75.0 Å². The van der Waals surface area contributed by atoms with Crippen molar-refractivity contribution in [2.75, 3.05) is 32.7 Å². The van der Waals surface area contributed by atoms with Gasteiger partial charge >= 0.3 is 6.09 Å². The average molecular weight is 765 g/mol. The number of carboxylic acid groups (broad SMARTS) is 1. The van der Waals surface area contributed by atoms with E-state index in [0.717, 1.165) is 72.3 Å². The van der Waals surface area contributed by atoms with Gasteiger partial charge in [-0.15, -0.1) is 0 Å². The number of hydrogen-bond donors (Lipinski definition) is 5. The third-order valence-electron chi connectivity index (χ3n) is 11.6. The van der Waals surface area contributed by atoms with Crippen LogP contribution < -0.4 is 15.6 Å². The van der Waals surface area contributed by atoms with Crippen LogP contribution in [0.2, 0.25) is 0 Å². The summed E-state index contributed by atoms with van der Waals surface area (Å²) in [7, 11) is 0. The monoisotopic (exact) mass is 764 g/mol. The second-order valence-corrected chi connectivity index (χ2v) is 15.2. The lowest BCUT2D eigenvalue weighted by Gasteiger charge is -2.50. The van der Waals surface area contributed by atoms with E-state index in [1.807, 2.05) is 60.7 Å². The normalized spacial score (nSPS) is 18.6. The summed E-state index contributed by atoms with van der Waals surface area (Å²) in [4.78, 5) is 31.5. The van der Waals surface area contributed by atoms with E-state index in [2.05, 4.69) is 57.7 Å². The number of hydrogen-bond acceptors (Lipinski definition) is 7. The van der Waals surface area contributed by atoms with E-state index >= 15 is 0 Å². The number of aromatic amines is 1. The molecule has 3 saturated heterocycles. The molecule has 5 aromatic carbocycles. The molecule has 3 aliphatic rings. The number of pyridine rings is 1. The molecule has 10 heteroatoms. The van der Waals surface area contributed by atoms with Crippen molar-refractivity contribution in [2.45, 2.75) is 44.1 Å². The summed E-state index contributed by atoms with van der Waals surface area (Å²) < 4.78 is 6.37. The number of ether oxygens (including phenoxy) is 1. The van der Waals surface area contributed by atoms with Gasteiger partial charge in [-0.1, -0.05) is 91.0 Å². The number of rotatable bonds is 14. The summed E-state index contributed by atoms with van der Waals surface area (Å²) in [5, 5.41) is 35.7. The van der Waals surface area contributed by atoms with Crippen LogP contribution in [0.3, 0.4) is 0 Å². The standard InChI is InChI=1S/C47H48N4O6/c52-42-18-16-39(40-17-19-44(54)49-45(40)42)43(53)28-48-23-20-31-12-14-33(15-13-31)36-9-4-6-32(26-36)30-57-38-11-5-10-37(27-38)46(35-7-2-1-3-8-35)51(47(55)56)41-29-50-24-21-34(41)22-25-50/h1-19,26-27,34,41,43,46,48,52-53H,20-25,28-30H2,(H,49,54)(H,55,56)/t41-,43-,46?/m0/s1. The maximum absolute atomic E-state index is 13.1. The fraction of sp³-hybridized carbons (Fsp3) is 0.277. The number of aromatic hydroxyl groups is 1. The van der Waals surface area contributed by atoms with E-state index in [0.29, 0.717) is 47.8 Å². The molecule has 292 valence electrons. The number of aliphatic hydroxyl groups is 1. The number of piperidine rings is 3. The molecule has 10 nitrogen and oxygen atoms in total. The SMILES string of the molecule is O=C(O)N(C(c1ccccc1)c1cccc(OCc2cccc(-c3ccc(CCNC[C@H](O)c4ccc(O)c5[nH]c(=O)ccc45)cc3)c2)c1)[C@H]1CN2CCC1CC2. The van der Waals surface area contributed by atoms with Crippen molar-refractivity contribution >= 4 is 17.0 Å². The average Bonchev–Trinajstić information content (AvgIpc) is 3.24. The van der Waals surface area contributed by atoms with Gasteiger partial charge < -0.3 is 35.3 Å². The third kappa shape index (κ3) is 8.58. The quantitative estimate of drug-likeness (QED) is 0.0719. The minimum absolute atomic E-state index is 0.0319. The van der Waals surface area contributed by atoms with Gasteiger partial charge in [0.05, 0.1) is 23.7 Å². The highest BCUT2D eigenvalue weighted by Crippen LogP contribution is 2.39. The summed E-state index contributed by atoms with van der Waals surface area (Å²) in [6.07, 6.45) is 1.13. The summed E-state index contributed by atoms with van der Waals surface area (Å²) >= 11 is 0. The summed E-state index contributed by atoms with van der Waals surface area (Å²) in [5.74, 6) is 1.02. The highest BCUT2D eigenvalue weighted by molar-refractivity contribution is 5.87. The Morgan fingerprint density at radius 2 is 1.61 bits per heavy atom. The van der Waals surface area contributed by atoms with Crippen LogP contribution in [0.15, 0.2) is 132 Å². The van der Waals surface area contributed by atoms with Crippen molar-refractivity contribution in [3.8, 4) is 22.6 Å². The molecule has 4 heterocycles. The molecule has 1 unspecified atom stereocenters. The maximum atomic E-state index is 13.1. The van der Waals surface area contributed by atoms with Crippen LogP contribution in [0.4, 0.5) is 4.79 Å². The van der Waals surface area contributed by atoms with Crippen LogP contribution in [0, 0.1) is 5.92 Å². The van der Waals surface area contributed by atoms with Gasteiger partial charge in [-0.05, 0) is 114 Å². The molecule has 9 rings (SSSR count). The molecule has 3 aliphatic heterocycles. The Bertz CT molecular complexity index is 2370. The number of phenolic OH excluding ortho intramolecular Hbond substituents is 1. The molecule has 1 aromatic heterocycles. The number of nitrogens with zero attached hydrogens (tertiary/aromatic N) is 2. The number of amides is 1. The zero-order valence-corrected chi connectivity index (χ0v) is 31.8. The van der Waals surface area contributed by atoms with Crippen LogP contribution in [0.25, 0.3) is 22.0 Å². The lowest BCUT2D eigenvalue weighted by molar-refractivity contribution is -0.000812. The fourth-order valence-electron chi connectivity index (χ4n) is 8.62. The van der Waals surface area contributed by atoms with Crippen LogP contribution in [0.1, 0.15) is 52.8 Å². The van der Waals surface area contributed by atoms with E-state index in [1.165, 1.54) is 12.1 Å². The number of carbonyl (C=O) groups is 1. The molecule has 3 fully saturated rings. The Labute approximate surface area is 332 Å². The first-order valence-corrected chi connectivity index (χ1v) is 19.7.